The SMILES string of the molecule is O=S(=O)(NCCCc1cnoc1)c1ccc(F)c(Cl)c1. The van der Waals surface area contributed by atoms with Crippen LogP contribution < -0.4 is 4.72 Å². The Morgan fingerprint density at radius 1 is 1.40 bits per heavy atom. The van der Waals surface area contributed by atoms with E-state index in [2.05, 4.69) is 14.4 Å². The van der Waals surface area contributed by atoms with Crippen molar-refractivity contribution in [2.75, 3.05) is 6.54 Å². The van der Waals surface area contributed by atoms with Gasteiger partial charge in [-0.2, -0.15) is 0 Å². The van der Waals surface area contributed by atoms with Crippen molar-refractivity contribution in [1.82, 2.24) is 9.88 Å². The first kappa shape index (κ1) is 15.0. The number of halogens is 2. The third kappa shape index (κ3) is 3.78. The first-order chi connectivity index (χ1) is 9.49. The summed E-state index contributed by atoms with van der Waals surface area (Å²) in [6.45, 7) is 0.252. The molecule has 0 amide bonds. The fraction of sp³-hybridized carbons (Fsp3) is 0.250. The molecule has 8 heteroatoms. The Bertz CT molecular complexity index is 674. The van der Waals surface area contributed by atoms with Crippen LogP contribution in [0.1, 0.15) is 12.0 Å². The van der Waals surface area contributed by atoms with Crippen LogP contribution in [-0.4, -0.2) is 20.1 Å². The first-order valence-electron chi connectivity index (χ1n) is 5.82. The minimum atomic E-state index is -3.68. The Morgan fingerprint density at radius 3 is 2.85 bits per heavy atom. The van der Waals surface area contributed by atoms with Crippen molar-refractivity contribution in [3.8, 4) is 0 Å². The van der Waals surface area contributed by atoms with E-state index >= 15 is 0 Å². The third-order valence-corrected chi connectivity index (χ3v) is 4.37. The molecule has 1 heterocycles. The van der Waals surface area contributed by atoms with Crippen molar-refractivity contribution in [3.63, 3.8) is 0 Å². The monoisotopic (exact) mass is 318 g/mol. The summed E-state index contributed by atoms with van der Waals surface area (Å²) in [5, 5.41) is 3.33. The molecule has 5 nitrogen and oxygen atoms in total. The Hall–Kier alpha value is -1.44. The summed E-state index contributed by atoms with van der Waals surface area (Å²) in [6.07, 6.45) is 4.33. The molecule has 0 atom stereocenters. The van der Waals surface area contributed by atoms with Crippen LogP contribution >= 0.6 is 11.6 Å². The van der Waals surface area contributed by atoms with Gasteiger partial charge in [-0.3, -0.25) is 0 Å². The molecule has 0 aliphatic rings. The maximum Gasteiger partial charge on any atom is 0.240 e. The molecule has 1 aromatic carbocycles. The zero-order valence-corrected chi connectivity index (χ0v) is 11.9. The molecule has 20 heavy (non-hydrogen) atoms. The summed E-state index contributed by atoms with van der Waals surface area (Å²) in [6, 6.07) is 3.27. The van der Waals surface area contributed by atoms with Gasteiger partial charge in [0.25, 0.3) is 0 Å². The van der Waals surface area contributed by atoms with Gasteiger partial charge < -0.3 is 4.52 Å². The Kier molecular flexibility index (Phi) is 4.74. The molecule has 0 aliphatic carbocycles. The number of nitrogens with one attached hydrogen (secondary N) is 1. The number of aromatic nitrogens is 1. The van der Waals surface area contributed by atoms with Crippen LogP contribution in [0.5, 0.6) is 0 Å². The van der Waals surface area contributed by atoms with E-state index in [1.807, 2.05) is 0 Å². The minimum absolute atomic E-state index is 0.0612. The molecule has 108 valence electrons. The van der Waals surface area contributed by atoms with Gasteiger partial charge in [0.05, 0.1) is 16.1 Å². The van der Waals surface area contributed by atoms with Crippen molar-refractivity contribution < 1.29 is 17.3 Å². The van der Waals surface area contributed by atoms with E-state index in [9.17, 15) is 12.8 Å². The van der Waals surface area contributed by atoms with Gasteiger partial charge in [-0.25, -0.2) is 17.5 Å². The topological polar surface area (TPSA) is 72.2 Å². The van der Waals surface area contributed by atoms with Gasteiger partial charge >= 0.3 is 0 Å². The van der Waals surface area contributed by atoms with Crippen LogP contribution in [0.15, 0.2) is 40.1 Å². The minimum Gasteiger partial charge on any atom is -0.364 e. The summed E-state index contributed by atoms with van der Waals surface area (Å²) < 4.78 is 43.9. The van der Waals surface area contributed by atoms with Crippen LogP contribution in [0, 0.1) is 5.82 Å². The highest BCUT2D eigenvalue weighted by molar-refractivity contribution is 7.89. The van der Waals surface area contributed by atoms with Crippen molar-refractivity contribution in [1.29, 1.82) is 0 Å². The molecule has 1 N–H and O–H groups in total. The Morgan fingerprint density at radius 2 is 2.20 bits per heavy atom. The van der Waals surface area contributed by atoms with E-state index in [0.717, 1.165) is 17.7 Å². The number of sulfonamides is 1. The lowest BCUT2D eigenvalue weighted by atomic mass is 10.2. The fourth-order valence-electron chi connectivity index (χ4n) is 1.58. The van der Waals surface area contributed by atoms with Gasteiger partial charge in [0.2, 0.25) is 10.0 Å². The summed E-state index contributed by atoms with van der Waals surface area (Å²) >= 11 is 5.56. The first-order valence-corrected chi connectivity index (χ1v) is 7.68. The average molecular weight is 319 g/mol. The van der Waals surface area contributed by atoms with Crippen molar-refractivity contribution >= 4 is 21.6 Å². The average Bonchev–Trinajstić information content (AvgIpc) is 2.91. The molecule has 0 saturated heterocycles. The molecule has 0 aliphatic heterocycles. The highest BCUT2D eigenvalue weighted by Crippen LogP contribution is 2.19. The van der Waals surface area contributed by atoms with Gasteiger partial charge in [-0.1, -0.05) is 16.8 Å². The number of aryl methyl sites for hydroxylation is 1. The molecule has 0 unspecified atom stereocenters. The van der Waals surface area contributed by atoms with E-state index in [1.54, 1.807) is 6.20 Å². The number of rotatable bonds is 6. The molecule has 2 aromatic rings. The van der Waals surface area contributed by atoms with Crippen molar-refractivity contribution in [3.05, 3.63) is 47.1 Å². The highest BCUT2D eigenvalue weighted by Gasteiger charge is 2.15. The maximum atomic E-state index is 13.0. The lowest BCUT2D eigenvalue weighted by molar-refractivity contribution is 0.418. The van der Waals surface area contributed by atoms with Gasteiger partial charge in [0, 0.05) is 12.1 Å². The summed E-state index contributed by atoms with van der Waals surface area (Å²) in [5.74, 6) is -0.655. The van der Waals surface area contributed by atoms with Crippen LogP contribution in [0.4, 0.5) is 4.39 Å². The molecular formula is C12H12ClFN2O3S. The zero-order chi connectivity index (χ0) is 14.6. The lowest BCUT2D eigenvalue weighted by Gasteiger charge is -2.07. The van der Waals surface area contributed by atoms with Gasteiger partial charge in [-0.05, 0) is 31.0 Å². The fourth-order valence-corrected chi connectivity index (χ4v) is 2.92. The summed E-state index contributed by atoms with van der Waals surface area (Å²) in [7, 11) is -3.68. The van der Waals surface area contributed by atoms with E-state index in [4.69, 9.17) is 11.6 Å². The standard InChI is InChI=1S/C12H12ClFN2O3S/c13-11-6-10(3-4-12(11)14)20(17,18)16-5-1-2-9-7-15-19-8-9/h3-4,6-8,16H,1-2,5H2. The molecule has 2 rings (SSSR count). The predicted molar refractivity (Wildman–Crippen MR) is 71.4 cm³/mol. The second-order valence-electron chi connectivity index (χ2n) is 4.11. The van der Waals surface area contributed by atoms with Gasteiger partial charge in [-0.15, -0.1) is 0 Å². The van der Waals surface area contributed by atoms with Crippen LogP contribution in [-0.2, 0) is 16.4 Å². The van der Waals surface area contributed by atoms with Gasteiger partial charge in [0.15, 0.2) is 0 Å². The normalized spacial score (nSPS) is 11.7. The second kappa shape index (κ2) is 6.34. The Balaban J connectivity index is 1.92. The number of hydrogen-bond donors (Lipinski definition) is 1. The molecule has 0 fully saturated rings. The quantitative estimate of drug-likeness (QED) is 0.830. The smallest absolute Gasteiger partial charge is 0.240 e. The number of hydrogen-bond acceptors (Lipinski definition) is 4. The second-order valence-corrected chi connectivity index (χ2v) is 6.28. The van der Waals surface area contributed by atoms with Gasteiger partial charge in [0.1, 0.15) is 12.1 Å². The lowest BCUT2D eigenvalue weighted by Crippen LogP contribution is -2.25. The largest absolute Gasteiger partial charge is 0.364 e. The zero-order valence-electron chi connectivity index (χ0n) is 10.3. The third-order valence-electron chi connectivity index (χ3n) is 2.62. The molecular weight excluding hydrogens is 307 g/mol. The van der Waals surface area contributed by atoms with E-state index in [0.29, 0.717) is 12.8 Å². The molecule has 0 spiro atoms. The Labute approximate surface area is 120 Å². The van der Waals surface area contributed by atoms with E-state index < -0.39 is 15.8 Å². The van der Waals surface area contributed by atoms with Crippen LogP contribution in [0.2, 0.25) is 5.02 Å². The highest BCUT2D eigenvalue weighted by atomic mass is 35.5. The molecule has 0 radical (unpaired) electrons. The van der Waals surface area contributed by atoms with Crippen molar-refractivity contribution in [2.24, 2.45) is 0 Å². The molecule has 1 aromatic heterocycles. The maximum absolute atomic E-state index is 13.0. The predicted octanol–water partition coefficient (Wildman–Crippen LogP) is 2.38. The summed E-state index contributed by atoms with van der Waals surface area (Å²) in [4.78, 5) is -0.0612. The van der Waals surface area contributed by atoms with E-state index in [1.165, 1.54) is 12.3 Å². The van der Waals surface area contributed by atoms with Crippen LogP contribution in [0.25, 0.3) is 0 Å². The number of nitrogens with zero attached hydrogens (tertiary/aromatic N) is 1. The van der Waals surface area contributed by atoms with E-state index in [-0.39, 0.29) is 16.5 Å². The van der Waals surface area contributed by atoms with Crippen molar-refractivity contribution in [2.45, 2.75) is 17.7 Å². The molecule has 0 saturated carbocycles. The number of benzene rings is 1. The summed E-state index contributed by atoms with van der Waals surface area (Å²) in [5.41, 5.74) is 0.897. The van der Waals surface area contributed by atoms with Crippen LogP contribution in [0.3, 0.4) is 0 Å². The molecule has 0 bridgehead atoms.